The Balaban J connectivity index is 1.83. The van der Waals surface area contributed by atoms with Gasteiger partial charge < -0.3 is 4.42 Å². The molecule has 0 atom stereocenters. The first-order valence-corrected chi connectivity index (χ1v) is 8.90. The Morgan fingerprint density at radius 1 is 1.50 bits per heavy atom. The van der Waals surface area contributed by atoms with Gasteiger partial charge in [0.25, 0.3) is 5.91 Å². The summed E-state index contributed by atoms with van der Waals surface area (Å²) in [5.74, 6) is 0.647. The van der Waals surface area contributed by atoms with Crippen LogP contribution in [-0.4, -0.2) is 27.5 Å². The molecule has 5 nitrogen and oxygen atoms in total. The minimum absolute atomic E-state index is 0.0870. The van der Waals surface area contributed by atoms with Crippen molar-refractivity contribution in [2.75, 3.05) is 6.54 Å². The van der Waals surface area contributed by atoms with E-state index in [9.17, 15) is 4.79 Å². The van der Waals surface area contributed by atoms with Gasteiger partial charge >= 0.3 is 0 Å². The van der Waals surface area contributed by atoms with E-state index in [1.165, 1.54) is 23.1 Å². The van der Waals surface area contributed by atoms with Crippen LogP contribution >= 0.6 is 23.1 Å². The monoisotopic (exact) mass is 357 g/mol. The molecule has 0 aliphatic carbocycles. The van der Waals surface area contributed by atoms with E-state index >= 15 is 0 Å². The van der Waals surface area contributed by atoms with Crippen molar-refractivity contribution in [3.05, 3.63) is 64.9 Å². The van der Waals surface area contributed by atoms with E-state index < -0.39 is 0 Å². The van der Waals surface area contributed by atoms with Gasteiger partial charge in [0.15, 0.2) is 5.17 Å². The SMILES string of the molecule is C=CCN1C(=O)/C(=C\C=C\c2ccco2)S/C1=N/c1nc(C)cs1. The number of aryl methyl sites for hydroxylation is 1. The van der Waals surface area contributed by atoms with E-state index in [0.29, 0.717) is 21.7 Å². The molecule has 0 radical (unpaired) electrons. The van der Waals surface area contributed by atoms with Crippen molar-refractivity contribution < 1.29 is 9.21 Å². The summed E-state index contributed by atoms with van der Waals surface area (Å²) < 4.78 is 5.23. The third-order valence-electron chi connectivity index (χ3n) is 3.05. The summed E-state index contributed by atoms with van der Waals surface area (Å²) in [6, 6.07) is 3.66. The van der Waals surface area contributed by atoms with Crippen LogP contribution < -0.4 is 0 Å². The Hall–Kier alpha value is -2.38. The van der Waals surface area contributed by atoms with Crippen LogP contribution in [0.3, 0.4) is 0 Å². The zero-order chi connectivity index (χ0) is 16.9. The first-order chi connectivity index (χ1) is 11.7. The van der Waals surface area contributed by atoms with Crippen LogP contribution in [0.4, 0.5) is 5.13 Å². The Morgan fingerprint density at radius 3 is 3.04 bits per heavy atom. The number of amidine groups is 1. The number of aromatic nitrogens is 1. The molecule has 3 rings (SSSR count). The molecule has 1 aliphatic heterocycles. The van der Waals surface area contributed by atoms with E-state index in [1.807, 2.05) is 24.4 Å². The van der Waals surface area contributed by atoms with E-state index in [2.05, 4.69) is 16.6 Å². The highest BCUT2D eigenvalue weighted by molar-refractivity contribution is 8.18. The number of amides is 1. The second-order valence-electron chi connectivity index (χ2n) is 4.88. The van der Waals surface area contributed by atoms with Crippen LogP contribution in [0.1, 0.15) is 11.5 Å². The maximum atomic E-state index is 12.5. The highest BCUT2D eigenvalue weighted by atomic mass is 32.2. The highest BCUT2D eigenvalue weighted by Gasteiger charge is 2.32. The predicted octanol–water partition coefficient (Wildman–Crippen LogP) is 4.39. The average Bonchev–Trinajstić information content (AvgIpc) is 3.27. The molecule has 0 aromatic carbocycles. The first kappa shape index (κ1) is 16.5. The predicted molar refractivity (Wildman–Crippen MR) is 99.3 cm³/mol. The summed E-state index contributed by atoms with van der Waals surface area (Å²) in [7, 11) is 0. The average molecular weight is 357 g/mol. The van der Waals surface area contributed by atoms with Gasteiger partial charge in [-0.3, -0.25) is 9.69 Å². The van der Waals surface area contributed by atoms with Crippen LogP contribution in [0, 0.1) is 6.92 Å². The van der Waals surface area contributed by atoms with Crippen molar-refractivity contribution in [1.82, 2.24) is 9.88 Å². The van der Waals surface area contributed by atoms with Gasteiger partial charge in [-0.1, -0.05) is 12.2 Å². The molecular formula is C17H15N3O2S2. The van der Waals surface area contributed by atoms with Gasteiger partial charge in [-0.25, -0.2) is 4.98 Å². The molecule has 1 amide bonds. The number of rotatable bonds is 5. The van der Waals surface area contributed by atoms with Gasteiger partial charge in [0.05, 0.1) is 16.9 Å². The van der Waals surface area contributed by atoms with E-state index in [1.54, 1.807) is 35.5 Å². The van der Waals surface area contributed by atoms with Crippen molar-refractivity contribution in [1.29, 1.82) is 0 Å². The topological polar surface area (TPSA) is 58.7 Å². The summed E-state index contributed by atoms with van der Waals surface area (Å²) in [6.45, 7) is 6.04. The lowest BCUT2D eigenvalue weighted by Crippen LogP contribution is -2.29. The van der Waals surface area contributed by atoms with Crippen molar-refractivity contribution in [2.45, 2.75) is 6.92 Å². The molecular weight excluding hydrogens is 342 g/mol. The Labute approximate surface area is 148 Å². The van der Waals surface area contributed by atoms with Crippen molar-refractivity contribution >= 4 is 45.4 Å². The lowest BCUT2D eigenvalue weighted by Gasteiger charge is -2.11. The third-order valence-corrected chi connectivity index (χ3v) is 4.93. The summed E-state index contributed by atoms with van der Waals surface area (Å²) in [5.41, 5.74) is 0.918. The number of aliphatic imine (C=N–C) groups is 1. The van der Waals surface area contributed by atoms with Gasteiger partial charge in [0.1, 0.15) is 5.76 Å². The van der Waals surface area contributed by atoms with Crippen LogP contribution in [0.15, 0.2) is 62.9 Å². The van der Waals surface area contributed by atoms with Gasteiger partial charge in [-0.05, 0) is 43.0 Å². The molecule has 1 aliphatic rings. The summed E-state index contributed by atoms with van der Waals surface area (Å²) in [4.78, 5) is 23.6. The van der Waals surface area contributed by atoms with Gasteiger partial charge in [-0.2, -0.15) is 4.99 Å². The van der Waals surface area contributed by atoms with Gasteiger partial charge in [0.2, 0.25) is 5.13 Å². The molecule has 1 fully saturated rings. The number of hydrogen-bond donors (Lipinski definition) is 0. The molecule has 1 saturated heterocycles. The minimum atomic E-state index is -0.0870. The van der Waals surface area contributed by atoms with E-state index in [4.69, 9.17) is 4.42 Å². The Morgan fingerprint density at radius 2 is 2.38 bits per heavy atom. The molecule has 24 heavy (non-hydrogen) atoms. The van der Waals surface area contributed by atoms with Crippen LogP contribution in [0.5, 0.6) is 0 Å². The molecule has 2 aromatic rings. The zero-order valence-corrected chi connectivity index (χ0v) is 14.6. The number of hydrogen-bond acceptors (Lipinski definition) is 6. The van der Waals surface area contributed by atoms with Crippen molar-refractivity contribution in [3.8, 4) is 0 Å². The molecule has 7 heteroatoms. The number of carbonyl (C=O) groups excluding carboxylic acids is 1. The summed E-state index contributed by atoms with van der Waals surface area (Å²) >= 11 is 2.79. The normalized spacial score (nSPS) is 18.4. The number of allylic oxidation sites excluding steroid dienone is 2. The smallest absolute Gasteiger partial charge is 0.267 e. The molecule has 122 valence electrons. The third kappa shape index (κ3) is 3.74. The van der Waals surface area contributed by atoms with Crippen LogP contribution in [0.25, 0.3) is 6.08 Å². The van der Waals surface area contributed by atoms with Gasteiger partial charge in [-0.15, -0.1) is 17.9 Å². The lowest BCUT2D eigenvalue weighted by molar-refractivity contribution is -0.121. The number of thioether (sulfide) groups is 1. The molecule has 0 unspecified atom stereocenters. The number of carbonyl (C=O) groups is 1. The van der Waals surface area contributed by atoms with Crippen LogP contribution in [-0.2, 0) is 4.79 Å². The number of furan rings is 1. The molecule has 0 N–H and O–H groups in total. The molecule has 3 heterocycles. The largest absolute Gasteiger partial charge is 0.465 e. The standard InChI is InChI=1S/C17H15N3O2S2/c1-3-9-20-15(21)14(8-4-6-13-7-5-10-22-13)24-17(20)19-16-18-12(2)11-23-16/h3-8,10-11H,1,9H2,2H3/b6-4+,14-8+,19-17+. The minimum Gasteiger partial charge on any atom is -0.465 e. The number of nitrogens with zero attached hydrogens (tertiary/aromatic N) is 3. The van der Waals surface area contributed by atoms with E-state index in [-0.39, 0.29) is 5.91 Å². The summed E-state index contributed by atoms with van der Waals surface area (Å²) in [5, 5.41) is 3.19. The second-order valence-corrected chi connectivity index (χ2v) is 6.72. The molecule has 0 saturated carbocycles. The zero-order valence-electron chi connectivity index (χ0n) is 13.0. The van der Waals surface area contributed by atoms with Crippen molar-refractivity contribution in [2.24, 2.45) is 4.99 Å². The fourth-order valence-corrected chi connectivity index (χ4v) is 3.65. The second kappa shape index (κ2) is 7.46. The first-order valence-electron chi connectivity index (χ1n) is 7.20. The molecule has 0 spiro atoms. The van der Waals surface area contributed by atoms with Crippen LogP contribution in [0.2, 0.25) is 0 Å². The molecule has 2 aromatic heterocycles. The maximum Gasteiger partial charge on any atom is 0.267 e. The fourth-order valence-electron chi connectivity index (χ4n) is 1.99. The highest BCUT2D eigenvalue weighted by Crippen LogP contribution is 2.33. The van der Waals surface area contributed by atoms with Gasteiger partial charge in [0, 0.05) is 11.9 Å². The Bertz CT molecular complexity index is 832. The van der Waals surface area contributed by atoms with E-state index in [0.717, 1.165) is 11.5 Å². The number of thiazole rings is 1. The summed E-state index contributed by atoms with van der Waals surface area (Å²) in [6.07, 6.45) is 8.65. The fraction of sp³-hybridized carbons (Fsp3) is 0.118. The quantitative estimate of drug-likeness (QED) is 0.588. The lowest BCUT2D eigenvalue weighted by atomic mass is 10.3. The van der Waals surface area contributed by atoms with Crippen molar-refractivity contribution in [3.63, 3.8) is 0 Å². The Kier molecular flexibility index (Phi) is 5.12. The maximum absolute atomic E-state index is 12.5. The molecule has 0 bridgehead atoms.